The average molecular weight is 373 g/mol. The van der Waals surface area contributed by atoms with Gasteiger partial charge in [-0.25, -0.2) is 4.79 Å². The minimum atomic E-state index is -1.43. The van der Waals surface area contributed by atoms with Gasteiger partial charge in [0.05, 0.1) is 12.5 Å². The number of nitrogens with two attached hydrogens (primary N) is 1. The Bertz CT molecular complexity index is 917. The van der Waals surface area contributed by atoms with Gasteiger partial charge in [0.15, 0.2) is 0 Å². The van der Waals surface area contributed by atoms with Crippen LogP contribution in [0.5, 0.6) is 0 Å². The fourth-order valence-electron chi connectivity index (χ4n) is 2.13. The van der Waals surface area contributed by atoms with E-state index >= 15 is 0 Å². The summed E-state index contributed by atoms with van der Waals surface area (Å²) in [5.74, 6) is -3.06. The smallest absolute Gasteiger partial charge is 0.433 e. The van der Waals surface area contributed by atoms with E-state index in [2.05, 4.69) is 5.32 Å². The standard InChI is InChI=1S/C17H15N3O7/c18-14(21)9-13(17(23)24)19-16(22)11-3-1-2-10(8-11)4-5-12-6-7-15(27-12)20(25)26/h1-8,13H,9H2,(H2,18,21)(H,19,22)(H,23,24)/t13-/m0/s1. The highest BCUT2D eigenvalue weighted by molar-refractivity contribution is 5.98. The lowest BCUT2D eigenvalue weighted by molar-refractivity contribution is -0.402. The zero-order chi connectivity index (χ0) is 20.0. The fourth-order valence-corrected chi connectivity index (χ4v) is 2.13. The van der Waals surface area contributed by atoms with E-state index in [9.17, 15) is 24.5 Å². The van der Waals surface area contributed by atoms with Gasteiger partial charge in [-0.1, -0.05) is 18.2 Å². The third-order valence-corrected chi connectivity index (χ3v) is 3.39. The molecule has 27 heavy (non-hydrogen) atoms. The summed E-state index contributed by atoms with van der Waals surface area (Å²) in [4.78, 5) is 44.1. The zero-order valence-electron chi connectivity index (χ0n) is 13.8. The fraction of sp³-hybridized carbons (Fsp3) is 0.118. The molecular weight excluding hydrogens is 358 g/mol. The molecule has 2 aromatic rings. The van der Waals surface area contributed by atoms with Gasteiger partial charge in [-0.15, -0.1) is 0 Å². The Kier molecular flexibility index (Phi) is 6.05. The number of furan rings is 1. The van der Waals surface area contributed by atoms with Gasteiger partial charge in [0, 0.05) is 5.56 Å². The van der Waals surface area contributed by atoms with Crippen LogP contribution >= 0.6 is 0 Å². The molecule has 0 saturated carbocycles. The Morgan fingerprint density at radius 1 is 1.26 bits per heavy atom. The maximum atomic E-state index is 12.2. The summed E-state index contributed by atoms with van der Waals surface area (Å²) in [6.45, 7) is 0. The van der Waals surface area contributed by atoms with Crippen LogP contribution < -0.4 is 11.1 Å². The number of aliphatic carboxylic acids is 1. The molecule has 0 bridgehead atoms. The van der Waals surface area contributed by atoms with Crippen molar-refractivity contribution in [1.82, 2.24) is 5.32 Å². The first kappa shape index (κ1) is 19.4. The minimum Gasteiger partial charge on any atom is -0.480 e. The summed E-state index contributed by atoms with van der Waals surface area (Å²) in [7, 11) is 0. The number of amides is 2. The van der Waals surface area contributed by atoms with Gasteiger partial charge in [-0.05, 0) is 29.8 Å². The predicted octanol–water partition coefficient (Wildman–Crippen LogP) is 1.42. The van der Waals surface area contributed by atoms with Gasteiger partial charge in [0.25, 0.3) is 5.91 Å². The highest BCUT2D eigenvalue weighted by atomic mass is 16.6. The number of carboxylic acids is 1. The summed E-state index contributed by atoms with van der Waals surface area (Å²) in [5.41, 5.74) is 5.71. The van der Waals surface area contributed by atoms with E-state index in [0.29, 0.717) is 5.56 Å². The van der Waals surface area contributed by atoms with Crippen molar-refractivity contribution >= 4 is 35.8 Å². The van der Waals surface area contributed by atoms with E-state index < -0.39 is 41.1 Å². The van der Waals surface area contributed by atoms with E-state index in [4.69, 9.17) is 15.3 Å². The normalized spacial score (nSPS) is 11.9. The van der Waals surface area contributed by atoms with Crippen molar-refractivity contribution < 1.29 is 28.8 Å². The number of nitro groups is 1. The number of carboxylic acid groups (broad SMARTS) is 1. The predicted molar refractivity (Wildman–Crippen MR) is 93.4 cm³/mol. The molecule has 0 unspecified atom stereocenters. The topological polar surface area (TPSA) is 166 Å². The Morgan fingerprint density at radius 3 is 2.59 bits per heavy atom. The van der Waals surface area contributed by atoms with Crippen LogP contribution in [0.15, 0.2) is 40.8 Å². The highest BCUT2D eigenvalue weighted by Crippen LogP contribution is 2.18. The highest BCUT2D eigenvalue weighted by Gasteiger charge is 2.22. The molecule has 4 N–H and O–H groups in total. The molecule has 0 aliphatic heterocycles. The van der Waals surface area contributed by atoms with E-state index in [-0.39, 0.29) is 11.3 Å². The van der Waals surface area contributed by atoms with E-state index in [1.165, 1.54) is 30.3 Å². The van der Waals surface area contributed by atoms with Crippen LogP contribution in [0.25, 0.3) is 12.2 Å². The first-order valence-corrected chi connectivity index (χ1v) is 7.60. The van der Waals surface area contributed by atoms with Gasteiger partial charge in [0.1, 0.15) is 16.7 Å². The molecule has 2 rings (SSSR count). The molecule has 0 spiro atoms. The number of primary amides is 1. The number of rotatable bonds is 8. The van der Waals surface area contributed by atoms with Crippen molar-refractivity contribution in [2.24, 2.45) is 5.73 Å². The van der Waals surface area contributed by atoms with Gasteiger partial charge in [-0.3, -0.25) is 19.7 Å². The van der Waals surface area contributed by atoms with E-state index in [1.54, 1.807) is 18.2 Å². The van der Waals surface area contributed by atoms with Crippen LogP contribution in [-0.4, -0.2) is 33.9 Å². The summed E-state index contributed by atoms with van der Waals surface area (Å²) in [5, 5.41) is 21.8. The number of nitrogens with one attached hydrogen (secondary N) is 1. The van der Waals surface area contributed by atoms with Gasteiger partial charge in [0.2, 0.25) is 5.91 Å². The Balaban J connectivity index is 2.12. The quantitative estimate of drug-likeness (QED) is 0.464. The molecule has 1 atom stereocenters. The molecule has 0 aliphatic rings. The number of benzene rings is 1. The van der Waals surface area contributed by atoms with E-state index in [1.807, 2.05) is 0 Å². The lowest BCUT2D eigenvalue weighted by Gasteiger charge is -2.13. The number of carbonyl (C=O) groups is 3. The zero-order valence-corrected chi connectivity index (χ0v) is 13.8. The molecule has 140 valence electrons. The molecule has 1 heterocycles. The number of nitrogens with zero attached hydrogens (tertiary/aromatic N) is 1. The van der Waals surface area contributed by atoms with Crippen molar-refractivity contribution in [1.29, 1.82) is 0 Å². The summed E-state index contributed by atoms with van der Waals surface area (Å²) in [6.07, 6.45) is 2.52. The van der Waals surface area contributed by atoms with Crippen molar-refractivity contribution in [2.75, 3.05) is 0 Å². The second-order valence-corrected chi connectivity index (χ2v) is 5.43. The van der Waals surface area contributed by atoms with Gasteiger partial charge >= 0.3 is 11.9 Å². The number of hydrogen-bond acceptors (Lipinski definition) is 6. The van der Waals surface area contributed by atoms with Crippen molar-refractivity contribution in [3.05, 3.63) is 63.4 Å². The lowest BCUT2D eigenvalue weighted by Crippen LogP contribution is -2.43. The molecule has 0 fully saturated rings. The van der Waals surface area contributed by atoms with Crippen LogP contribution in [0.4, 0.5) is 5.88 Å². The van der Waals surface area contributed by atoms with Gasteiger partial charge < -0.3 is 20.6 Å². The largest absolute Gasteiger partial charge is 0.480 e. The van der Waals surface area contributed by atoms with Crippen LogP contribution in [0, 0.1) is 10.1 Å². The molecule has 0 saturated heterocycles. The Labute approximate surface area is 152 Å². The molecule has 10 heteroatoms. The second-order valence-electron chi connectivity index (χ2n) is 5.43. The summed E-state index contributed by atoms with van der Waals surface area (Å²) >= 11 is 0. The second kappa shape index (κ2) is 8.43. The lowest BCUT2D eigenvalue weighted by atomic mass is 10.1. The number of carbonyl (C=O) groups excluding carboxylic acids is 2. The van der Waals surface area contributed by atoms with E-state index in [0.717, 1.165) is 0 Å². The van der Waals surface area contributed by atoms with Gasteiger partial charge in [-0.2, -0.15) is 0 Å². The molecule has 10 nitrogen and oxygen atoms in total. The van der Waals surface area contributed by atoms with Crippen molar-refractivity contribution in [3.63, 3.8) is 0 Å². The SMILES string of the molecule is NC(=O)C[C@H](NC(=O)c1cccc(C=Cc2ccc([N+](=O)[O-])o2)c1)C(=O)O. The van der Waals surface area contributed by atoms with Crippen LogP contribution in [-0.2, 0) is 9.59 Å². The summed E-state index contributed by atoms with van der Waals surface area (Å²) in [6, 6.07) is 7.39. The maximum Gasteiger partial charge on any atom is 0.433 e. The van der Waals surface area contributed by atoms with Crippen molar-refractivity contribution in [3.8, 4) is 0 Å². The third kappa shape index (κ3) is 5.53. The molecule has 1 aromatic carbocycles. The molecule has 0 radical (unpaired) electrons. The molecule has 1 aromatic heterocycles. The average Bonchev–Trinajstić information content (AvgIpc) is 3.08. The van der Waals surface area contributed by atoms with Crippen LogP contribution in [0.2, 0.25) is 0 Å². The van der Waals surface area contributed by atoms with Crippen LogP contribution in [0.1, 0.15) is 28.1 Å². The summed E-state index contributed by atoms with van der Waals surface area (Å²) < 4.78 is 4.99. The first-order valence-electron chi connectivity index (χ1n) is 7.60. The minimum absolute atomic E-state index is 0.165. The Morgan fingerprint density at radius 2 is 2.00 bits per heavy atom. The molecule has 0 aliphatic carbocycles. The third-order valence-electron chi connectivity index (χ3n) is 3.39. The number of hydrogen-bond donors (Lipinski definition) is 3. The Hall–Kier alpha value is -3.95. The van der Waals surface area contributed by atoms with Crippen molar-refractivity contribution in [2.45, 2.75) is 12.5 Å². The molecular formula is C17H15N3O7. The first-order chi connectivity index (χ1) is 12.8. The maximum absolute atomic E-state index is 12.2. The van der Waals surface area contributed by atoms with Crippen LogP contribution in [0.3, 0.4) is 0 Å². The monoisotopic (exact) mass is 373 g/mol. The molecule has 2 amide bonds.